The number of anilines is 2. The van der Waals surface area contributed by atoms with Crippen LogP contribution in [0.4, 0.5) is 16.3 Å². The van der Waals surface area contributed by atoms with E-state index in [9.17, 15) is 9.59 Å². The quantitative estimate of drug-likeness (QED) is 0.566. The molecule has 0 radical (unpaired) electrons. The molecular formula is C23H25N5O4. The van der Waals surface area contributed by atoms with E-state index in [0.717, 1.165) is 11.3 Å². The number of hydrogen-bond acceptors (Lipinski definition) is 5. The summed E-state index contributed by atoms with van der Waals surface area (Å²) in [4.78, 5) is 24.1. The minimum atomic E-state index is -0.455. The molecule has 0 saturated heterocycles. The number of carbonyl (C=O) groups is 2. The first-order valence-corrected chi connectivity index (χ1v) is 10.2. The molecule has 4 N–H and O–H groups in total. The van der Waals surface area contributed by atoms with E-state index in [1.54, 1.807) is 22.9 Å². The van der Waals surface area contributed by atoms with Crippen LogP contribution in [0.3, 0.4) is 0 Å². The van der Waals surface area contributed by atoms with Crippen molar-refractivity contribution in [1.82, 2.24) is 9.78 Å². The Bertz CT molecular complexity index is 1180. The summed E-state index contributed by atoms with van der Waals surface area (Å²) in [5.74, 6) is 1.13. The molecule has 166 valence electrons. The minimum absolute atomic E-state index is 0.110. The highest BCUT2D eigenvalue weighted by atomic mass is 16.7. The molecule has 0 atom stereocenters. The van der Waals surface area contributed by atoms with Crippen LogP contribution in [0, 0.1) is 0 Å². The van der Waals surface area contributed by atoms with Crippen molar-refractivity contribution in [3.8, 4) is 17.2 Å². The summed E-state index contributed by atoms with van der Waals surface area (Å²) in [6.45, 7) is 6.23. The molecule has 0 spiro atoms. The van der Waals surface area contributed by atoms with Crippen molar-refractivity contribution in [1.29, 1.82) is 0 Å². The number of aromatic nitrogens is 2. The summed E-state index contributed by atoms with van der Waals surface area (Å²) in [7, 11) is 0. The second-order valence-electron chi connectivity index (χ2n) is 8.51. The fraction of sp³-hybridized carbons (Fsp3) is 0.261. The predicted octanol–water partition coefficient (Wildman–Crippen LogP) is 3.57. The third-order valence-corrected chi connectivity index (χ3v) is 4.90. The number of nitrogens with two attached hydrogens (primary N) is 1. The van der Waals surface area contributed by atoms with Gasteiger partial charge in [0.2, 0.25) is 12.7 Å². The number of primary amides is 1. The highest BCUT2D eigenvalue weighted by Gasteiger charge is 2.23. The fourth-order valence-electron chi connectivity index (χ4n) is 3.33. The lowest BCUT2D eigenvalue weighted by atomic mass is 9.92. The number of benzene rings is 2. The molecule has 2 heterocycles. The van der Waals surface area contributed by atoms with E-state index < -0.39 is 11.9 Å². The maximum atomic E-state index is 12.8. The molecule has 1 aliphatic heterocycles. The number of carbonyl (C=O) groups excluding carboxylic acids is 2. The molecule has 0 bridgehead atoms. The van der Waals surface area contributed by atoms with Crippen LogP contribution in [0.5, 0.6) is 11.5 Å². The molecule has 4 rings (SSSR count). The zero-order valence-electron chi connectivity index (χ0n) is 18.1. The van der Waals surface area contributed by atoms with E-state index in [1.165, 1.54) is 0 Å². The van der Waals surface area contributed by atoms with E-state index >= 15 is 0 Å². The number of rotatable bonds is 5. The molecule has 3 aromatic rings. The number of ether oxygens (including phenoxy) is 2. The molecular weight excluding hydrogens is 410 g/mol. The van der Waals surface area contributed by atoms with E-state index in [0.29, 0.717) is 28.7 Å². The van der Waals surface area contributed by atoms with Crippen LogP contribution in [-0.2, 0) is 16.6 Å². The van der Waals surface area contributed by atoms with Crippen molar-refractivity contribution in [3.05, 3.63) is 59.8 Å². The average Bonchev–Trinajstić information content (AvgIpc) is 3.35. The molecule has 1 aliphatic rings. The number of fused-ring (bicyclic) bond motifs is 1. The van der Waals surface area contributed by atoms with Crippen LogP contribution in [0.15, 0.2) is 48.5 Å². The third kappa shape index (κ3) is 4.51. The molecule has 0 saturated carbocycles. The maximum absolute atomic E-state index is 12.8. The highest BCUT2D eigenvalue weighted by molar-refractivity contribution is 6.00. The molecule has 9 heteroatoms. The summed E-state index contributed by atoms with van der Waals surface area (Å²) in [5.41, 5.74) is 7.85. The lowest BCUT2D eigenvalue weighted by molar-refractivity contribution is -0.117. The number of nitrogens with zero attached hydrogens (tertiary/aromatic N) is 2. The number of urea groups is 1. The SMILES string of the molecule is CC(C)(C)c1cc(NC(=O)Nc2cccc3c2OCO3)n(-c2cccc(CC(N)=O)c2)n1. The Morgan fingerprint density at radius 1 is 1.09 bits per heavy atom. The zero-order chi connectivity index (χ0) is 22.9. The minimum Gasteiger partial charge on any atom is -0.454 e. The number of para-hydroxylation sites is 1. The van der Waals surface area contributed by atoms with Crippen molar-refractivity contribution < 1.29 is 19.1 Å². The Morgan fingerprint density at radius 2 is 1.88 bits per heavy atom. The molecule has 32 heavy (non-hydrogen) atoms. The lowest BCUT2D eigenvalue weighted by Gasteiger charge is -2.14. The van der Waals surface area contributed by atoms with Gasteiger partial charge in [0.15, 0.2) is 11.5 Å². The summed E-state index contributed by atoms with van der Waals surface area (Å²) < 4.78 is 12.4. The van der Waals surface area contributed by atoms with Gasteiger partial charge in [-0.15, -0.1) is 0 Å². The molecule has 9 nitrogen and oxygen atoms in total. The molecule has 3 amide bonds. The predicted molar refractivity (Wildman–Crippen MR) is 120 cm³/mol. The second kappa shape index (κ2) is 8.26. The normalized spacial score (nSPS) is 12.5. The van der Waals surface area contributed by atoms with Crippen LogP contribution in [-0.4, -0.2) is 28.5 Å². The van der Waals surface area contributed by atoms with Gasteiger partial charge in [-0.05, 0) is 29.8 Å². The highest BCUT2D eigenvalue weighted by Crippen LogP contribution is 2.38. The fourth-order valence-corrected chi connectivity index (χ4v) is 3.33. The van der Waals surface area contributed by atoms with Crippen molar-refractivity contribution in [2.75, 3.05) is 17.4 Å². The third-order valence-electron chi connectivity index (χ3n) is 4.90. The van der Waals surface area contributed by atoms with Gasteiger partial charge in [-0.2, -0.15) is 5.10 Å². The standard InChI is InChI=1S/C23H25N5O4/c1-23(2,3)18-12-20(28(27-18)15-7-4-6-14(10-15)11-19(24)29)26-22(30)25-16-8-5-9-17-21(16)32-13-31-17/h4-10,12H,11,13H2,1-3H3,(H2,24,29)(H2,25,26,30). The van der Waals surface area contributed by atoms with Gasteiger partial charge in [-0.3, -0.25) is 10.1 Å². The first kappa shape index (κ1) is 21.2. The summed E-state index contributed by atoms with van der Waals surface area (Å²) >= 11 is 0. The van der Waals surface area contributed by atoms with Crippen molar-refractivity contribution >= 4 is 23.4 Å². The Morgan fingerprint density at radius 3 is 2.62 bits per heavy atom. The average molecular weight is 435 g/mol. The van der Waals surface area contributed by atoms with E-state index in [4.69, 9.17) is 20.3 Å². The number of hydrogen-bond donors (Lipinski definition) is 3. The number of nitrogens with one attached hydrogen (secondary N) is 2. The van der Waals surface area contributed by atoms with Gasteiger partial charge < -0.3 is 20.5 Å². The van der Waals surface area contributed by atoms with Crippen molar-refractivity contribution in [2.45, 2.75) is 32.6 Å². The van der Waals surface area contributed by atoms with E-state index in [1.807, 2.05) is 51.1 Å². The van der Waals surface area contributed by atoms with Crippen LogP contribution in [0.2, 0.25) is 0 Å². The molecule has 0 fully saturated rings. The van der Waals surface area contributed by atoms with Gasteiger partial charge in [-0.25, -0.2) is 9.48 Å². The second-order valence-corrected chi connectivity index (χ2v) is 8.51. The van der Waals surface area contributed by atoms with Gasteiger partial charge >= 0.3 is 6.03 Å². The van der Waals surface area contributed by atoms with E-state index in [-0.39, 0.29) is 18.6 Å². The van der Waals surface area contributed by atoms with Gasteiger partial charge in [0, 0.05) is 11.5 Å². The van der Waals surface area contributed by atoms with Crippen molar-refractivity contribution in [2.24, 2.45) is 5.73 Å². The van der Waals surface area contributed by atoms with Crippen LogP contribution in [0.25, 0.3) is 5.69 Å². The van der Waals surface area contributed by atoms with Crippen LogP contribution >= 0.6 is 0 Å². The van der Waals surface area contributed by atoms with Gasteiger partial charge in [0.1, 0.15) is 5.82 Å². The van der Waals surface area contributed by atoms with Gasteiger partial charge in [-0.1, -0.05) is 39.0 Å². The molecule has 0 unspecified atom stereocenters. The monoisotopic (exact) mass is 435 g/mol. The summed E-state index contributed by atoms with van der Waals surface area (Å²) in [6, 6.07) is 14.0. The Hall–Kier alpha value is -4.01. The zero-order valence-corrected chi connectivity index (χ0v) is 18.1. The first-order valence-electron chi connectivity index (χ1n) is 10.2. The van der Waals surface area contributed by atoms with Gasteiger partial charge in [0.25, 0.3) is 0 Å². The van der Waals surface area contributed by atoms with Crippen molar-refractivity contribution in [3.63, 3.8) is 0 Å². The number of amides is 3. The maximum Gasteiger partial charge on any atom is 0.324 e. The molecule has 0 aliphatic carbocycles. The lowest BCUT2D eigenvalue weighted by Crippen LogP contribution is -2.21. The first-order chi connectivity index (χ1) is 15.2. The summed E-state index contributed by atoms with van der Waals surface area (Å²) in [5, 5.41) is 10.4. The largest absolute Gasteiger partial charge is 0.454 e. The topological polar surface area (TPSA) is 121 Å². The Kier molecular flexibility index (Phi) is 5.48. The molecule has 1 aromatic heterocycles. The Balaban J connectivity index is 1.63. The van der Waals surface area contributed by atoms with E-state index in [2.05, 4.69) is 10.6 Å². The van der Waals surface area contributed by atoms with Crippen LogP contribution < -0.4 is 25.8 Å². The van der Waals surface area contributed by atoms with Crippen LogP contribution in [0.1, 0.15) is 32.0 Å². The Labute approximate surface area is 185 Å². The smallest absolute Gasteiger partial charge is 0.324 e. The van der Waals surface area contributed by atoms with Gasteiger partial charge in [0.05, 0.1) is 23.5 Å². The molecule has 2 aromatic carbocycles. The summed E-state index contributed by atoms with van der Waals surface area (Å²) in [6.07, 6.45) is 0.117.